The lowest BCUT2D eigenvalue weighted by Gasteiger charge is -2.20. The largest absolute Gasteiger partial charge is 0.331 e. The van der Waals surface area contributed by atoms with E-state index in [2.05, 4.69) is 6.07 Å². The quantitative estimate of drug-likeness (QED) is 0.820. The van der Waals surface area contributed by atoms with E-state index in [0.717, 1.165) is 17.7 Å². The number of rotatable bonds is 2. The first-order valence-electron chi connectivity index (χ1n) is 5.42. The molecule has 3 nitrogen and oxygen atoms in total. The van der Waals surface area contributed by atoms with Gasteiger partial charge in [0, 0.05) is 24.4 Å². The lowest BCUT2D eigenvalue weighted by molar-refractivity contribution is 0.815. The van der Waals surface area contributed by atoms with Gasteiger partial charge in [0.1, 0.15) is 6.04 Å². The number of nitrogens with two attached hydrogens (primary N) is 1. The normalized spacial score (nSPS) is 20.8. The Hall–Kier alpha value is -1.79. The summed E-state index contributed by atoms with van der Waals surface area (Å²) in [5.41, 5.74) is 7.95. The highest BCUT2D eigenvalue weighted by molar-refractivity contribution is 5.54. The summed E-state index contributed by atoms with van der Waals surface area (Å²) in [5.74, 6) is 0. The third kappa shape index (κ3) is 1.93. The second-order valence-corrected chi connectivity index (χ2v) is 4.05. The van der Waals surface area contributed by atoms with Crippen molar-refractivity contribution in [3.8, 4) is 6.07 Å². The first-order chi connectivity index (χ1) is 7.72. The van der Waals surface area contributed by atoms with Gasteiger partial charge in [-0.25, -0.2) is 0 Å². The molecule has 1 heterocycles. The highest BCUT2D eigenvalue weighted by Crippen LogP contribution is 2.24. The Bertz CT molecular complexity index is 425. The number of hydrogen-bond donors (Lipinski definition) is 1. The molecule has 3 heteroatoms. The fraction of sp³-hybridized carbons (Fsp3) is 0.308. The molecular weight excluding hydrogens is 198 g/mol. The SMILES string of the molecule is C[C@@H](N)c1ccc(N2C=CCC2C#N)cc1. The molecule has 1 aliphatic heterocycles. The fourth-order valence-corrected chi connectivity index (χ4v) is 1.85. The van der Waals surface area contributed by atoms with E-state index in [1.807, 2.05) is 48.4 Å². The molecule has 0 saturated carbocycles. The van der Waals surface area contributed by atoms with Gasteiger partial charge >= 0.3 is 0 Å². The van der Waals surface area contributed by atoms with Crippen LogP contribution in [-0.2, 0) is 0 Å². The number of nitrogens with zero attached hydrogens (tertiary/aromatic N) is 2. The van der Waals surface area contributed by atoms with E-state index >= 15 is 0 Å². The zero-order valence-electron chi connectivity index (χ0n) is 9.30. The summed E-state index contributed by atoms with van der Waals surface area (Å²) < 4.78 is 0. The van der Waals surface area contributed by atoms with Gasteiger partial charge in [0.2, 0.25) is 0 Å². The summed E-state index contributed by atoms with van der Waals surface area (Å²) in [5, 5.41) is 8.99. The highest BCUT2D eigenvalue weighted by atomic mass is 15.2. The number of hydrogen-bond acceptors (Lipinski definition) is 3. The molecule has 0 bridgehead atoms. The van der Waals surface area contributed by atoms with Crippen LogP contribution in [-0.4, -0.2) is 6.04 Å². The van der Waals surface area contributed by atoms with Crippen LogP contribution in [0.2, 0.25) is 0 Å². The van der Waals surface area contributed by atoms with Crippen molar-refractivity contribution in [2.45, 2.75) is 25.4 Å². The molecule has 16 heavy (non-hydrogen) atoms. The Labute approximate surface area is 95.8 Å². The van der Waals surface area contributed by atoms with Crippen molar-refractivity contribution in [2.75, 3.05) is 4.90 Å². The second kappa shape index (κ2) is 4.38. The fourth-order valence-electron chi connectivity index (χ4n) is 1.85. The maximum atomic E-state index is 8.99. The standard InChI is InChI=1S/C13H15N3/c1-10(15)11-4-6-12(7-5-11)16-8-2-3-13(16)9-14/h2,4-8,10,13H,3,15H2,1H3/t10-,13?/m1/s1. The molecule has 2 rings (SSSR count). The summed E-state index contributed by atoms with van der Waals surface area (Å²) in [6, 6.07) is 10.3. The number of anilines is 1. The van der Waals surface area contributed by atoms with Gasteiger partial charge in [-0.15, -0.1) is 0 Å². The topological polar surface area (TPSA) is 53.0 Å². The summed E-state index contributed by atoms with van der Waals surface area (Å²) in [6.45, 7) is 1.96. The molecule has 2 atom stereocenters. The van der Waals surface area contributed by atoms with Gasteiger partial charge in [0.25, 0.3) is 0 Å². The van der Waals surface area contributed by atoms with Crippen molar-refractivity contribution in [1.29, 1.82) is 5.26 Å². The molecule has 0 fully saturated rings. The van der Waals surface area contributed by atoms with Gasteiger partial charge in [-0.2, -0.15) is 5.26 Å². The van der Waals surface area contributed by atoms with Gasteiger partial charge in [-0.3, -0.25) is 0 Å². The van der Waals surface area contributed by atoms with Crippen LogP contribution in [0.15, 0.2) is 36.5 Å². The summed E-state index contributed by atoms with van der Waals surface area (Å²) in [6.07, 6.45) is 4.79. The molecular formula is C13H15N3. The van der Waals surface area contributed by atoms with Gasteiger partial charge in [-0.1, -0.05) is 18.2 Å². The van der Waals surface area contributed by atoms with E-state index in [-0.39, 0.29) is 12.1 Å². The van der Waals surface area contributed by atoms with Crippen molar-refractivity contribution in [3.63, 3.8) is 0 Å². The predicted molar refractivity (Wildman–Crippen MR) is 64.7 cm³/mol. The molecule has 2 N–H and O–H groups in total. The number of nitriles is 1. The lowest BCUT2D eigenvalue weighted by Crippen LogP contribution is -2.24. The van der Waals surface area contributed by atoms with Crippen LogP contribution in [0.3, 0.4) is 0 Å². The maximum absolute atomic E-state index is 8.99. The van der Waals surface area contributed by atoms with Gasteiger partial charge in [0.15, 0.2) is 0 Å². The minimum atomic E-state index is -0.0684. The van der Waals surface area contributed by atoms with E-state index in [1.165, 1.54) is 0 Å². The Balaban J connectivity index is 2.22. The van der Waals surface area contributed by atoms with E-state index in [4.69, 9.17) is 11.0 Å². The predicted octanol–water partition coefficient (Wildman–Crippen LogP) is 2.32. The van der Waals surface area contributed by atoms with Crippen LogP contribution in [0, 0.1) is 11.3 Å². The van der Waals surface area contributed by atoms with Crippen molar-refractivity contribution in [3.05, 3.63) is 42.1 Å². The molecule has 1 aromatic carbocycles. The molecule has 1 unspecified atom stereocenters. The van der Waals surface area contributed by atoms with E-state index in [9.17, 15) is 0 Å². The lowest BCUT2D eigenvalue weighted by atomic mass is 10.1. The second-order valence-electron chi connectivity index (χ2n) is 4.05. The molecule has 0 saturated heterocycles. The molecule has 0 aromatic heterocycles. The van der Waals surface area contributed by atoms with Crippen LogP contribution >= 0.6 is 0 Å². The first kappa shape index (κ1) is 10.7. The molecule has 0 amide bonds. The monoisotopic (exact) mass is 213 g/mol. The van der Waals surface area contributed by atoms with Gasteiger partial charge in [0.05, 0.1) is 6.07 Å². The minimum absolute atomic E-state index is 0.0509. The Kier molecular flexibility index (Phi) is 2.93. The molecule has 82 valence electrons. The Morgan fingerprint density at radius 1 is 1.44 bits per heavy atom. The summed E-state index contributed by atoms with van der Waals surface area (Å²) in [4.78, 5) is 1.99. The summed E-state index contributed by atoms with van der Waals surface area (Å²) in [7, 11) is 0. The third-order valence-electron chi connectivity index (χ3n) is 2.83. The van der Waals surface area contributed by atoms with Crippen molar-refractivity contribution in [1.82, 2.24) is 0 Å². The molecule has 0 spiro atoms. The minimum Gasteiger partial charge on any atom is -0.331 e. The van der Waals surface area contributed by atoms with E-state index < -0.39 is 0 Å². The summed E-state index contributed by atoms with van der Waals surface area (Å²) >= 11 is 0. The van der Waals surface area contributed by atoms with E-state index in [0.29, 0.717) is 0 Å². The first-order valence-corrected chi connectivity index (χ1v) is 5.42. The maximum Gasteiger partial charge on any atom is 0.124 e. The molecule has 1 aliphatic rings. The zero-order chi connectivity index (χ0) is 11.5. The molecule has 1 aromatic rings. The van der Waals surface area contributed by atoms with Crippen LogP contribution in [0.5, 0.6) is 0 Å². The third-order valence-corrected chi connectivity index (χ3v) is 2.83. The van der Waals surface area contributed by atoms with Crippen molar-refractivity contribution in [2.24, 2.45) is 5.73 Å². The van der Waals surface area contributed by atoms with Gasteiger partial charge < -0.3 is 10.6 Å². The Morgan fingerprint density at radius 2 is 2.12 bits per heavy atom. The zero-order valence-corrected chi connectivity index (χ0v) is 9.30. The Morgan fingerprint density at radius 3 is 2.69 bits per heavy atom. The van der Waals surface area contributed by atoms with Crippen molar-refractivity contribution < 1.29 is 0 Å². The smallest absolute Gasteiger partial charge is 0.124 e. The van der Waals surface area contributed by atoms with Crippen molar-refractivity contribution >= 4 is 5.69 Å². The van der Waals surface area contributed by atoms with Crippen LogP contribution in [0.25, 0.3) is 0 Å². The average Bonchev–Trinajstić information content (AvgIpc) is 2.77. The van der Waals surface area contributed by atoms with Crippen LogP contribution in [0.4, 0.5) is 5.69 Å². The van der Waals surface area contributed by atoms with Crippen LogP contribution in [0.1, 0.15) is 24.9 Å². The number of benzene rings is 1. The molecule has 0 aliphatic carbocycles. The van der Waals surface area contributed by atoms with Gasteiger partial charge in [-0.05, 0) is 24.6 Å². The molecule has 0 radical (unpaired) electrons. The van der Waals surface area contributed by atoms with E-state index in [1.54, 1.807) is 0 Å². The average molecular weight is 213 g/mol. The highest BCUT2D eigenvalue weighted by Gasteiger charge is 2.19. The van der Waals surface area contributed by atoms with Crippen LogP contribution < -0.4 is 10.6 Å².